The van der Waals surface area contributed by atoms with Gasteiger partial charge < -0.3 is 9.84 Å². The molecule has 3 aromatic carbocycles. The van der Waals surface area contributed by atoms with Gasteiger partial charge in [0, 0.05) is 4.70 Å². The number of nitrogens with zero attached hydrogens (tertiary/aromatic N) is 1. The maximum absolute atomic E-state index is 12.4. The summed E-state index contributed by atoms with van der Waals surface area (Å²) in [6.45, 7) is 8.04. The van der Waals surface area contributed by atoms with Crippen molar-refractivity contribution in [1.82, 2.24) is 4.98 Å². The highest BCUT2D eigenvalue weighted by atomic mass is 32.1. The minimum atomic E-state index is -0.995. The molecule has 0 bridgehead atoms. The van der Waals surface area contributed by atoms with Gasteiger partial charge in [-0.15, -0.1) is 11.3 Å². The molecule has 34 heavy (non-hydrogen) atoms. The van der Waals surface area contributed by atoms with Crippen LogP contribution in [-0.2, 0) is 0 Å². The van der Waals surface area contributed by atoms with Gasteiger partial charge in [0.25, 0.3) is 0 Å². The van der Waals surface area contributed by atoms with Gasteiger partial charge in [-0.25, -0.2) is 9.78 Å². The second-order valence-electron chi connectivity index (χ2n) is 8.69. The van der Waals surface area contributed by atoms with Crippen molar-refractivity contribution in [1.29, 1.82) is 0 Å². The molecule has 2 aromatic heterocycles. The number of hydrogen-bond donors (Lipinski definition) is 1. The number of rotatable bonds is 5. The second-order valence-corrected chi connectivity index (χ2v) is 9.74. The van der Waals surface area contributed by atoms with E-state index in [1.165, 1.54) is 10.9 Å². The zero-order valence-corrected chi connectivity index (χ0v) is 20.4. The number of thiophene rings is 1. The molecule has 170 valence electrons. The SMILES string of the molecule is Cc1ccc(C(C)Oc2ccc(C)c3nc(-c4sc5ccccc5c4C)cc(C(=O)O)c23)cc1. The van der Waals surface area contributed by atoms with Gasteiger partial charge in [-0.1, -0.05) is 54.1 Å². The van der Waals surface area contributed by atoms with E-state index in [0.717, 1.165) is 26.3 Å². The number of carbonyl (C=O) groups is 1. The molecule has 5 aromatic rings. The van der Waals surface area contributed by atoms with Gasteiger partial charge in [0.05, 0.1) is 27.0 Å². The Hall–Kier alpha value is -3.70. The van der Waals surface area contributed by atoms with E-state index < -0.39 is 5.97 Å². The number of fused-ring (bicyclic) bond motifs is 2. The molecular weight excluding hydrogens is 442 g/mol. The average molecular weight is 468 g/mol. The number of hydrogen-bond acceptors (Lipinski definition) is 4. The molecular formula is C29H25NO3S. The lowest BCUT2D eigenvalue weighted by Crippen LogP contribution is -2.07. The Labute approximate surface area is 202 Å². The molecule has 1 unspecified atom stereocenters. The first-order chi connectivity index (χ1) is 16.3. The van der Waals surface area contributed by atoms with Gasteiger partial charge >= 0.3 is 5.97 Å². The fourth-order valence-corrected chi connectivity index (χ4v) is 5.51. The van der Waals surface area contributed by atoms with Crippen LogP contribution in [0.25, 0.3) is 31.6 Å². The summed E-state index contributed by atoms with van der Waals surface area (Å²) in [4.78, 5) is 18.4. The number of ether oxygens (including phenoxy) is 1. The number of benzene rings is 3. The number of carboxylic acid groups (broad SMARTS) is 1. The highest BCUT2D eigenvalue weighted by molar-refractivity contribution is 7.22. The van der Waals surface area contributed by atoms with Crippen LogP contribution >= 0.6 is 11.3 Å². The van der Waals surface area contributed by atoms with E-state index in [2.05, 4.69) is 19.1 Å². The first-order valence-electron chi connectivity index (χ1n) is 11.2. The van der Waals surface area contributed by atoms with Crippen LogP contribution in [0.15, 0.2) is 66.7 Å². The summed E-state index contributed by atoms with van der Waals surface area (Å²) in [7, 11) is 0. The lowest BCUT2D eigenvalue weighted by Gasteiger charge is -2.19. The van der Waals surface area contributed by atoms with Crippen molar-refractivity contribution in [3.05, 3.63) is 94.5 Å². The van der Waals surface area contributed by atoms with Crippen molar-refractivity contribution < 1.29 is 14.6 Å². The van der Waals surface area contributed by atoms with Gasteiger partial charge in [0.2, 0.25) is 0 Å². The van der Waals surface area contributed by atoms with Crippen LogP contribution in [0, 0.1) is 20.8 Å². The summed E-state index contributed by atoms with van der Waals surface area (Å²) in [6.07, 6.45) is -0.238. The zero-order valence-electron chi connectivity index (χ0n) is 19.5. The summed E-state index contributed by atoms with van der Waals surface area (Å²) in [5.74, 6) is -0.468. The Morgan fingerprint density at radius 2 is 1.74 bits per heavy atom. The van der Waals surface area contributed by atoms with Crippen LogP contribution < -0.4 is 4.74 Å². The molecule has 0 radical (unpaired) electrons. The fraction of sp³-hybridized carbons (Fsp3) is 0.172. The topological polar surface area (TPSA) is 59.4 Å². The number of carboxylic acids is 1. The number of pyridine rings is 1. The van der Waals surface area contributed by atoms with Gasteiger partial charge in [0.15, 0.2) is 0 Å². The van der Waals surface area contributed by atoms with Gasteiger partial charge in [-0.05, 0) is 68.0 Å². The van der Waals surface area contributed by atoms with E-state index in [1.54, 1.807) is 17.4 Å². The summed E-state index contributed by atoms with van der Waals surface area (Å²) in [6, 6.07) is 21.9. The molecule has 5 rings (SSSR count). The minimum Gasteiger partial charge on any atom is -0.485 e. The van der Waals surface area contributed by atoms with E-state index >= 15 is 0 Å². The van der Waals surface area contributed by atoms with E-state index in [-0.39, 0.29) is 11.7 Å². The van der Waals surface area contributed by atoms with E-state index in [1.807, 2.05) is 69.3 Å². The summed E-state index contributed by atoms with van der Waals surface area (Å²) >= 11 is 1.64. The third-order valence-corrected chi connectivity index (χ3v) is 7.58. The number of aromatic nitrogens is 1. The van der Waals surface area contributed by atoms with Crippen molar-refractivity contribution in [2.75, 3.05) is 0 Å². The molecule has 0 aliphatic rings. The van der Waals surface area contributed by atoms with Crippen molar-refractivity contribution in [2.24, 2.45) is 0 Å². The maximum atomic E-state index is 12.4. The molecule has 0 aliphatic carbocycles. The lowest BCUT2D eigenvalue weighted by molar-refractivity contribution is 0.0698. The summed E-state index contributed by atoms with van der Waals surface area (Å²) in [5, 5.41) is 11.9. The summed E-state index contributed by atoms with van der Waals surface area (Å²) < 4.78 is 7.48. The molecule has 4 nitrogen and oxygen atoms in total. The second kappa shape index (κ2) is 8.58. The van der Waals surface area contributed by atoms with Crippen LogP contribution in [0.5, 0.6) is 5.75 Å². The molecule has 0 saturated carbocycles. The van der Waals surface area contributed by atoms with Crippen molar-refractivity contribution in [3.63, 3.8) is 0 Å². The van der Waals surface area contributed by atoms with E-state index in [9.17, 15) is 9.90 Å². The van der Waals surface area contributed by atoms with Crippen molar-refractivity contribution >= 4 is 38.3 Å². The highest BCUT2D eigenvalue weighted by Gasteiger charge is 2.21. The van der Waals surface area contributed by atoms with Gasteiger partial charge in [0.1, 0.15) is 11.9 Å². The molecule has 0 fully saturated rings. The molecule has 0 saturated heterocycles. The number of aromatic carboxylic acids is 1. The van der Waals surface area contributed by atoms with Crippen molar-refractivity contribution in [2.45, 2.75) is 33.8 Å². The van der Waals surface area contributed by atoms with Crippen LogP contribution in [0.4, 0.5) is 0 Å². The quantitative estimate of drug-likeness (QED) is 0.286. The average Bonchev–Trinajstić information content (AvgIpc) is 3.17. The minimum absolute atomic E-state index is 0.201. The van der Waals surface area contributed by atoms with Crippen LogP contribution in [-0.4, -0.2) is 16.1 Å². The molecule has 2 heterocycles. The number of aryl methyl sites for hydroxylation is 3. The Balaban J connectivity index is 1.68. The molecule has 0 aliphatic heterocycles. The third-order valence-electron chi connectivity index (χ3n) is 6.28. The van der Waals surface area contributed by atoms with Crippen LogP contribution in [0.3, 0.4) is 0 Å². The molecule has 1 N–H and O–H groups in total. The molecule has 0 amide bonds. The van der Waals surface area contributed by atoms with Gasteiger partial charge in [-0.2, -0.15) is 0 Å². The van der Waals surface area contributed by atoms with Crippen LogP contribution in [0.2, 0.25) is 0 Å². The maximum Gasteiger partial charge on any atom is 0.336 e. The standard InChI is InChI=1S/C29H25NO3S/c1-16-9-12-20(13-10-16)19(4)33-24-14-11-17(2)27-26(24)22(29(31)32)15-23(30-27)28-18(3)21-7-5-6-8-25(21)34-28/h5-15,19H,1-4H3,(H,31,32). The zero-order chi connectivity index (χ0) is 24.0. The largest absolute Gasteiger partial charge is 0.485 e. The Morgan fingerprint density at radius 3 is 2.44 bits per heavy atom. The smallest absolute Gasteiger partial charge is 0.336 e. The molecule has 1 atom stereocenters. The first-order valence-corrected chi connectivity index (χ1v) is 12.0. The monoisotopic (exact) mass is 467 g/mol. The summed E-state index contributed by atoms with van der Waals surface area (Å²) in [5.41, 5.74) is 5.76. The molecule has 5 heteroatoms. The fourth-order valence-electron chi connectivity index (χ4n) is 4.34. The Bertz CT molecular complexity index is 1550. The third kappa shape index (κ3) is 3.82. The normalized spacial score (nSPS) is 12.2. The van der Waals surface area contributed by atoms with Crippen LogP contribution in [0.1, 0.15) is 45.6 Å². The van der Waals surface area contributed by atoms with Gasteiger partial charge in [-0.3, -0.25) is 0 Å². The Kier molecular flexibility index (Phi) is 5.58. The first kappa shape index (κ1) is 22.1. The van der Waals surface area contributed by atoms with Crippen molar-refractivity contribution in [3.8, 4) is 16.3 Å². The molecule has 0 spiro atoms. The lowest BCUT2D eigenvalue weighted by atomic mass is 10.0. The predicted molar refractivity (Wildman–Crippen MR) is 139 cm³/mol. The highest BCUT2D eigenvalue weighted by Crippen LogP contribution is 2.40. The Morgan fingerprint density at radius 1 is 1.00 bits per heavy atom. The predicted octanol–water partition coefficient (Wildman–Crippen LogP) is 7.88. The van der Waals surface area contributed by atoms with E-state index in [4.69, 9.17) is 9.72 Å². The van der Waals surface area contributed by atoms with E-state index in [0.29, 0.717) is 22.3 Å².